The number of ether oxygens (including phenoxy) is 1. The van der Waals surface area contributed by atoms with Crippen LogP contribution in [0.2, 0.25) is 0 Å². The molecule has 1 N–H and O–H groups in total. The number of nitriles is 2. The summed E-state index contributed by atoms with van der Waals surface area (Å²) in [5, 5.41) is 26.8. The zero-order valence-corrected chi connectivity index (χ0v) is 17.7. The van der Waals surface area contributed by atoms with Crippen LogP contribution in [0.3, 0.4) is 0 Å². The molecule has 1 aliphatic heterocycles. The fourth-order valence-electron chi connectivity index (χ4n) is 4.15. The van der Waals surface area contributed by atoms with Crippen LogP contribution in [0.15, 0.2) is 18.3 Å². The smallest absolute Gasteiger partial charge is 0.365 e. The monoisotopic (exact) mass is 440 g/mol. The van der Waals surface area contributed by atoms with Crippen LogP contribution in [-0.4, -0.2) is 49.8 Å². The molecule has 3 atom stereocenters. The number of hydrogen-bond donors (Lipinski definition) is 1. The van der Waals surface area contributed by atoms with Crippen LogP contribution >= 0.6 is 0 Å². The second kappa shape index (κ2) is 8.68. The number of H-pyrrole nitrogens is 1. The highest BCUT2D eigenvalue weighted by atomic mass is 16.5. The summed E-state index contributed by atoms with van der Waals surface area (Å²) in [6, 6.07) is 7.06. The van der Waals surface area contributed by atoms with Crippen LogP contribution in [0.5, 0.6) is 6.01 Å². The van der Waals surface area contributed by atoms with Gasteiger partial charge in [-0.25, -0.2) is 11.6 Å². The molecule has 0 bridgehead atoms. The van der Waals surface area contributed by atoms with E-state index in [2.05, 4.69) is 41.0 Å². The first kappa shape index (κ1) is 20.6. The molecule has 3 aromatic rings. The molecule has 2 aliphatic rings. The van der Waals surface area contributed by atoms with Gasteiger partial charge in [0.25, 0.3) is 0 Å². The molecule has 2 fully saturated rings. The van der Waals surface area contributed by atoms with Crippen molar-refractivity contribution >= 4 is 17.0 Å². The normalized spacial score (nSPS) is 21.1. The number of pyridine rings is 1. The molecule has 0 amide bonds. The maximum Gasteiger partial charge on any atom is 0.365 e. The minimum atomic E-state index is -1.12. The Morgan fingerprint density at radius 3 is 2.85 bits per heavy atom. The number of rotatable bonds is 6. The molecule has 0 aromatic carbocycles. The molecule has 11 heteroatoms. The number of aromatic amines is 1. The van der Waals surface area contributed by atoms with Gasteiger partial charge in [0.2, 0.25) is 11.8 Å². The minimum Gasteiger partial charge on any atom is -0.463 e. The molecule has 4 heterocycles. The SMILES string of the molecule is [C-]#[N+]C(C#N)c1nc(OC[C@H]2C[C@H]2C#N)nc(N2CCC(c3[nH]nc4ncccc34)CC2)n1. The summed E-state index contributed by atoms with van der Waals surface area (Å²) in [7, 11) is 0. The van der Waals surface area contributed by atoms with Gasteiger partial charge in [0, 0.05) is 42.2 Å². The van der Waals surface area contributed by atoms with Crippen LogP contribution in [0.25, 0.3) is 15.9 Å². The highest BCUT2D eigenvalue weighted by Gasteiger charge is 2.38. The summed E-state index contributed by atoms with van der Waals surface area (Å²) < 4.78 is 5.73. The third-order valence-corrected chi connectivity index (χ3v) is 6.18. The summed E-state index contributed by atoms with van der Waals surface area (Å²) in [5.74, 6) is 0.976. The predicted octanol–water partition coefficient (Wildman–Crippen LogP) is 2.55. The fourth-order valence-corrected chi connectivity index (χ4v) is 4.15. The van der Waals surface area contributed by atoms with Gasteiger partial charge in [-0.3, -0.25) is 9.94 Å². The van der Waals surface area contributed by atoms with Crippen LogP contribution in [0, 0.1) is 41.1 Å². The van der Waals surface area contributed by atoms with Gasteiger partial charge in [-0.15, -0.1) is 0 Å². The first-order chi connectivity index (χ1) is 16.2. The van der Waals surface area contributed by atoms with Gasteiger partial charge in [0.15, 0.2) is 11.7 Å². The first-order valence-electron chi connectivity index (χ1n) is 10.8. The van der Waals surface area contributed by atoms with E-state index in [1.165, 1.54) is 0 Å². The van der Waals surface area contributed by atoms with Crippen molar-refractivity contribution in [1.29, 1.82) is 10.5 Å². The van der Waals surface area contributed by atoms with E-state index >= 15 is 0 Å². The summed E-state index contributed by atoms with van der Waals surface area (Å²) in [6.07, 6.45) is 4.25. The fraction of sp³-hybridized carbons (Fsp3) is 0.455. The van der Waals surface area contributed by atoms with E-state index in [1.807, 2.05) is 23.1 Å². The van der Waals surface area contributed by atoms with E-state index < -0.39 is 6.04 Å². The van der Waals surface area contributed by atoms with Crippen molar-refractivity contribution in [3.63, 3.8) is 0 Å². The Hall–Kier alpha value is -4.30. The van der Waals surface area contributed by atoms with Gasteiger partial charge in [-0.2, -0.15) is 30.6 Å². The molecule has 1 saturated carbocycles. The third kappa shape index (κ3) is 4.11. The number of nitrogens with one attached hydrogen (secondary N) is 1. The first-order valence-corrected chi connectivity index (χ1v) is 10.8. The van der Waals surface area contributed by atoms with Crippen molar-refractivity contribution in [1.82, 2.24) is 30.1 Å². The second-order valence-electron chi connectivity index (χ2n) is 8.25. The maximum atomic E-state index is 9.32. The van der Waals surface area contributed by atoms with Crippen molar-refractivity contribution in [3.05, 3.63) is 41.3 Å². The molecule has 5 rings (SSSR count). The van der Waals surface area contributed by atoms with E-state index in [0.717, 1.165) is 36.0 Å². The average molecular weight is 440 g/mol. The van der Waals surface area contributed by atoms with Gasteiger partial charge in [-0.1, -0.05) is 0 Å². The van der Waals surface area contributed by atoms with Crippen LogP contribution in [0.4, 0.5) is 5.95 Å². The Labute approximate surface area is 189 Å². The molecule has 3 aromatic heterocycles. The van der Waals surface area contributed by atoms with Gasteiger partial charge >= 0.3 is 12.1 Å². The zero-order valence-electron chi connectivity index (χ0n) is 17.7. The number of piperidine rings is 1. The lowest BCUT2D eigenvalue weighted by Gasteiger charge is -2.31. The van der Waals surface area contributed by atoms with E-state index in [4.69, 9.17) is 16.6 Å². The summed E-state index contributed by atoms with van der Waals surface area (Å²) in [4.78, 5) is 22.7. The van der Waals surface area contributed by atoms with Gasteiger partial charge in [0.1, 0.15) is 0 Å². The second-order valence-corrected chi connectivity index (χ2v) is 8.25. The van der Waals surface area contributed by atoms with Gasteiger partial charge in [-0.05, 0) is 31.4 Å². The molecule has 1 unspecified atom stereocenters. The largest absolute Gasteiger partial charge is 0.463 e. The molecule has 1 saturated heterocycles. The van der Waals surface area contributed by atoms with E-state index in [-0.39, 0.29) is 23.7 Å². The number of nitrogens with zero attached hydrogens (tertiary/aromatic N) is 9. The Morgan fingerprint density at radius 2 is 2.12 bits per heavy atom. The number of fused-ring (bicyclic) bond motifs is 1. The van der Waals surface area contributed by atoms with E-state index in [0.29, 0.717) is 31.6 Å². The summed E-state index contributed by atoms with van der Waals surface area (Å²) >= 11 is 0. The summed E-state index contributed by atoms with van der Waals surface area (Å²) in [5.41, 5.74) is 1.81. The predicted molar refractivity (Wildman–Crippen MR) is 116 cm³/mol. The van der Waals surface area contributed by atoms with Gasteiger partial charge < -0.3 is 9.64 Å². The molecular weight excluding hydrogens is 420 g/mol. The zero-order chi connectivity index (χ0) is 22.8. The number of aromatic nitrogens is 6. The van der Waals surface area contributed by atoms with Crippen molar-refractivity contribution < 1.29 is 4.74 Å². The average Bonchev–Trinajstić information content (AvgIpc) is 3.50. The third-order valence-electron chi connectivity index (χ3n) is 6.18. The number of anilines is 1. The molecule has 11 nitrogen and oxygen atoms in total. The van der Waals surface area contributed by atoms with Crippen molar-refractivity contribution in [2.75, 3.05) is 24.6 Å². The lowest BCUT2D eigenvalue weighted by molar-refractivity contribution is 0.270. The molecule has 1 aliphatic carbocycles. The van der Waals surface area contributed by atoms with Crippen LogP contribution in [0.1, 0.15) is 42.7 Å². The molecule has 33 heavy (non-hydrogen) atoms. The van der Waals surface area contributed by atoms with Crippen LogP contribution in [-0.2, 0) is 0 Å². The Bertz CT molecular complexity index is 1280. The molecule has 0 spiro atoms. The van der Waals surface area contributed by atoms with Crippen molar-refractivity contribution in [2.24, 2.45) is 11.8 Å². The minimum absolute atomic E-state index is 0.00802. The van der Waals surface area contributed by atoms with Crippen molar-refractivity contribution in [3.8, 4) is 18.1 Å². The van der Waals surface area contributed by atoms with Gasteiger partial charge in [0.05, 0.1) is 18.6 Å². The Kier molecular flexibility index (Phi) is 5.42. The standard InChI is InChI=1S/C22H20N10O/c1-25-17(11-24)20-27-21(29-22(28-20)33-12-15-9-14(15)10-23)32-7-4-13(5-8-32)18-16-3-2-6-26-19(16)31-30-18/h2-3,6,13-15,17H,4-5,7-9,12H2,(H,26,30,31)/t14-,15+,17?/m0/s1. The highest BCUT2D eigenvalue weighted by Crippen LogP contribution is 2.38. The van der Waals surface area contributed by atoms with E-state index in [9.17, 15) is 5.26 Å². The number of hydrogen-bond acceptors (Lipinski definition) is 9. The Morgan fingerprint density at radius 1 is 1.27 bits per heavy atom. The Balaban J connectivity index is 1.33. The lowest BCUT2D eigenvalue weighted by atomic mass is 9.92. The molecular formula is C22H20N10O. The highest BCUT2D eigenvalue weighted by molar-refractivity contribution is 5.77. The van der Waals surface area contributed by atoms with E-state index in [1.54, 1.807) is 6.20 Å². The maximum absolute atomic E-state index is 9.32. The summed E-state index contributed by atoms with van der Waals surface area (Å²) in [6.45, 7) is 9.01. The molecule has 0 radical (unpaired) electrons. The quantitative estimate of drug-likeness (QED) is 0.571. The van der Waals surface area contributed by atoms with Crippen LogP contribution < -0.4 is 9.64 Å². The molecule has 164 valence electrons. The lowest BCUT2D eigenvalue weighted by Crippen LogP contribution is -2.34. The topological polar surface area (TPSA) is 145 Å². The van der Waals surface area contributed by atoms with Crippen molar-refractivity contribution in [2.45, 2.75) is 31.2 Å².